The lowest BCUT2D eigenvalue weighted by Crippen LogP contribution is -2.27. The van der Waals surface area contributed by atoms with Gasteiger partial charge in [-0.1, -0.05) is 121 Å². The van der Waals surface area contributed by atoms with E-state index in [2.05, 4.69) is 44.7 Å². The maximum Gasteiger partial charge on any atom is 0.207 e. The Morgan fingerprint density at radius 3 is 1.81 bits per heavy atom. The number of unbranched alkanes of at least 4 members (excludes halogenated alkanes) is 4. The highest BCUT2D eigenvalue weighted by Gasteiger charge is 2.32. The molecule has 0 aliphatic heterocycles. The molecule has 3 aromatic rings. The maximum atomic E-state index is 11.9. The normalized spacial score (nSPS) is 26.5. The molecule has 4 saturated carbocycles. The Morgan fingerprint density at radius 2 is 1.27 bits per heavy atom. The molecule has 4 aliphatic rings. The van der Waals surface area contributed by atoms with Gasteiger partial charge in [0.2, 0.25) is 5.13 Å². The summed E-state index contributed by atoms with van der Waals surface area (Å²) < 4.78 is 20.2. The molecule has 4 fully saturated rings. The zero-order valence-corrected chi connectivity index (χ0v) is 40.7. The van der Waals surface area contributed by atoms with Gasteiger partial charge in [-0.05, 0) is 161 Å². The summed E-state index contributed by atoms with van der Waals surface area (Å²) in [5.41, 5.74) is 1.85. The molecule has 0 spiro atoms. The highest BCUT2D eigenvalue weighted by Crippen LogP contribution is 2.44. The van der Waals surface area contributed by atoms with Crippen LogP contribution in [0.4, 0.5) is 5.13 Å². The summed E-state index contributed by atoms with van der Waals surface area (Å²) in [6.45, 7) is 10.5. The minimum atomic E-state index is -0.133. The lowest BCUT2D eigenvalue weighted by molar-refractivity contribution is -0.118. The lowest BCUT2D eigenvalue weighted by Gasteiger charge is -2.38. The number of fused-ring (bicyclic) bond motifs is 1. The smallest absolute Gasteiger partial charge is 0.207 e. The second-order valence-electron chi connectivity index (χ2n) is 20.5. The van der Waals surface area contributed by atoms with Crippen LogP contribution in [0.5, 0.6) is 11.5 Å². The predicted molar refractivity (Wildman–Crippen MR) is 268 cm³/mol. The third kappa shape index (κ3) is 14.9. The third-order valence-electron chi connectivity index (χ3n) is 16.0. The molecule has 0 atom stereocenters. The second kappa shape index (κ2) is 26.2. The van der Waals surface area contributed by atoms with Gasteiger partial charge >= 0.3 is 0 Å². The van der Waals surface area contributed by atoms with Gasteiger partial charge in [0.1, 0.15) is 18.1 Å². The van der Waals surface area contributed by atoms with Gasteiger partial charge in [0.25, 0.3) is 0 Å². The van der Waals surface area contributed by atoms with Crippen LogP contribution in [0.25, 0.3) is 10.2 Å². The number of aromatic nitrogens is 1. The van der Waals surface area contributed by atoms with Crippen LogP contribution in [0.1, 0.15) is 174 Å². The molecule has 64 heavy (non-hydrogen) atoms. The van der Waals surface area contributed by atoms with E-state index in [-0.39, 0.29) is 12.4 Å². The van der Waals surface area contributed by atoms with E-state index in [1.807, 2.05) is 29.4 Å². The quantitative estimate of drug-likeness (QED) is 0.0365. The van der Waals surface area contributed by atoms with Crippen LogP contribution in [0.15, 0.2) is 60.2 Å². The Labute approximate surface area is 391 Å². The number of hydrazone groups is 1. The molecular formula is C56H83N3O4S. The van der Waals surface area contributed by atoms with Crippen molar-refractivity contribution in [3.05, 3.63) is 60.7 Å². The monoisotopic (exact) mass is 894 g/mol. The van der Waals surface area contributed by atoms with Crippen LogP contribution < -0.4 is 14.5 Å². The lowest BCUT2D eigenvalue weighted by atomic mass is 9.69. The minimum Gasteiger partial charge on any atom is -0.493 e. The molecule has 1 heterocycles. The molecule has 1 aromatic heterocycles. The van der Waals surface area contributed by atoms with Crippen molar-refractivity contribution >= 4 is 38.7 Å². The van der Waals surface area contributed by atoms with E-state index in [9.17, 15) is 4.79 Å². The number of para-hydroxylation sites is 1. The number of anilines is 1. The molecule has 7 nitrogen and oxygen atoms in total. The number of hydrogen-bond donors (Lipinski definition) is 0. The van der Waals surface area contributed by atoms with Crippen LogP contribution >= 0.6 is 11.3 Å². The van der Waals surface area contributed by atoms with Gasteiger partial charge < -0.3 is 14.2 Å². The molecule has 8 heteroatoms. The number of thiazole rings is 1. The number of carbonyl (C=O) groups excluding carboxylic acids is 1. The average Bonchev–Trinajstić information content (AvgIpc) is 3.78. The minimum absolute atomic E-state index is 0.00226. The fourth-order valence-electron chi connectivity index (χ4n) is 11.9. The molecule has 2 aromatic carbocycles. The molecule has 0 amide bonds. The summed E-state index contributed by atoms with van der Waals surface area (Å²) in [5, 5.41) is 7.71. The van der Waals surface area contributed by atoms with E-state index in [0.717, 1.165) is 81.1 Å². The topological polar surface area (TPSA) is 73.2 Å². The Morgan fingerprint density at radius 1 is 0.719 bits per heavy atom. The maximum absolute atomic E-state index is 11.9. The molecule has 0 unspecified atom stereocenters. The van der Waals surface area contributed by atoms with Crippen LogP contribution in [-0.4, -0.2) is 50.0 Å². The summed E-state index contributed by atoms with van der Waals surface area (Å²) >= 11 is 1.60. The molecule has 7 rings (SSSR count). The molecular weight excluding hydrogens is 811 g/mol. The highest BCUT2D eigenvalue weighted by molar-refractivity contribution is 7.22. The van der Waals surface area contributed by atoms with Gasteiger partial charge in [0, 0.05) is 5.56 Å². The fourth-order valence-corrected chi connectivity index (χ4v) is 12.8. The van der Waals surface area contributed by atoms with Crippen LogP contribution in [0.3, 0.4) is 0 Å². The van der Waals surface area contributed by atoms with Crippen molar-refractivity contribution in [3.63, 3.8) is 0 Å². The summed E-state index contributed by atoms with van der Waals surface area (Å²) in [6.07, 6.45) is 36.6. The van der Waals surface area contributed by atoms with Crippen molar-refractivity contribution < 1.29 is 19.0 Å². The van der Waals surface area contributed by atoms with E-state index in [0.29, 0.717) is 25.0 Å². The summed E-state index contributed by atoms with van der Waals surface area (Å²) in [6, 6.07) is 14.5. The molecule has 0 N–H and O–H groups in total. The zero-order valence-electron chi connectivity index (χ0n) is 39.9. The first-order chi connectivity index (χ1) is 31.5. The van der Waals surface area contributed by atoms with Crippen LogP contribution in [-0.2, 0) is 9.53 Å². The van der Waals surface area contributed by atoms with Gasteiger partial charge in [-0.25, -0.2) is 9.99 Å². The number of ketones is 1. The Kier molecular flexibility index (Phi) is 19.9. The Balaban J connectivity index is 0.966. The Hall–Kier alpha value is -3.23. The SMILES string of the molecule is C=CC(=O)COCCN(/N=C/c1cc(OCC2CCC(C3CCC(CCCCC)CC3)CC2)ccc1OCC1CCC(C2CCC(CCCCC)CC2)CC1)c1nc2ccccc2s1. The largest absolute Gasteiger partial charge is 0.493 e. The fraction of sp³-hybridized carbons (Fsp3) is 0.696. The molecule has 0 bridgehead atoms. The van der Waals surface area contributed by atoms with Gasteiger partial charge in [0.05, 0.1) is 42.8 Å². The predicted octanol–water partition coefficient (Wildman–Crippen LogP) is 15.1. The van der Waals surface area contributed by atoms with E-state index in [1.54, 1.807) is 11.3 Å². The average molecular weight is 894 g/mol. The van der Waals surface area contributed by atoms with Gasteiger partial charge in [-0.2, -0.15) is 5.10 Å². The van der Waals surface area contributed by atoms with E-state index >= 15 is 0 Å². The van der Waals surface area contributed by atoms with Crippen molar-refractivity contribution in [2.24, 2.45) is 52.4 Å². The van der Waals surface area contributed by atoms with E-state index in [4.69, 9.17) is 24.3 Å². The first-order valence-electron chi connectivity index (χ1n) is 26.3. The second-order valence-corrected chi connectivity index (χ2v) is 21.5. The number of benzene rings is 2. The zero-order chi connectivity index (χ0) is 44.4. The number of ether oxygens (including phenoxy) is 3. The van der Waals surface area contributed by atoms with Crippen molar-refractivity contribution in [2.45, 2.75) is 168 Å². The standard InChI is InChI=1S/C56H83N3O4S/c1-4-7-9-13-42-17-25-46(26-18-42)48-29-21-44(22-30-48)39-62-52-33-34-54(63-40-45-23-31-49(32-24-45)47-27-19-43(20-28-47)14-10-8-5-2)50(37-52)38-57-59(35-36-61-41-51(60)6-3)56-58-53-15-11-12-16-55(53)64-56/h6,11-12,15-16,33-34,37-38,42-49H,3-5,7-10,13-14,17-32,35-36,39-41H2,1-2H3/b57-38+. The molecule has 0 radical (unpaired) electrons. The van der Waals surface area contributed by atoms with Crippen LogP contribution in [0.2, 0.25) is 0 Å². The van der Waals surface area contributed by atoms with Crippen LogP contribution in [0, 0.1) is 47.3 Å². The van der Waals surface area contributed by atoms with Crippen molar-refractivity contribution in [1.82, 2.24) is 4.98 Å². The van der Waals surface area contributed by atoms with Gasteiger partial charge in [-0.15, -0.1) is 0 Å². The first kappa shape index (κ1) is 48.7. The highest BCUT2D eigenvalue weighted by atomic mass is 32.1. The summed E-state index contributed by atoms with van der Waals surface area (Å²) in [5.74, 6) is 8.43. The molecule has 4 aliphatic carbocycles. The number of hydrogen-bond acceptors (Lipinski definition) is 8. The van der Waals surface area contributed by atoms with Crippen molar-refractivity contribution in [1.29, 1.82) is 0 Å². The number of rotatable bonds is 25. The number of nitrogens with zero attached hydrogens (tertiary/aromatic N) is 3. The van der Waals surface area contributed by atoms with Crippen molar-refractivity contribution in [2.75, 3.05) is 38.0 Å². The van der Waals surface area contributed by atoms with Crippen molar-refractivity contribution in [3.8, 4) is 11.5 Å². The van der Waals surface area contributed by atoms with Gasteiger partial charge in [-0.3, -0.25) is 4.79 Å². The Bertz CT molecular complexity index is 1810. The summed E-state index contributed by atoms with van der Waals surface area (Å²) in [7, 11) is 0. The number of carbonyl (C=O) groups is 1. The van der Waals surface area contributed by atoms with E-state index < -0.39 is 0 Å². The molecule has 352 valence electrons. The van der Waals surface area contributed by atoms with E-state index in [1.165, 1.54) is 160 Å². The third-order valence-corrected chi connectivity index (χ3v) is 17.1. The van der Waals surface area contributed by atoms with Gasteiger partial charge in [0.15, 0.2) is 5.78 Å². The first-order valence-corrected chi connectivity index (χ1v) is 27.1. The molecule has 0 saturated heterocycles. The summed E-state index contributed by atoms with van der Waals surface area (Å²) in [4.78, 5) is 16.8.